The van der Waals surface area contributed by atoms with Crippen molar-refractivity contribution in [3.05, 3.63) is 0 Å². The highest BCUT2D eigenvalue weighted by Gasteiger charge is 2.31. The molecular weight excluding hydrogens is 274 g/mol. The zero-order valence-corrected chi connectivity index (χ0v) is 12.9. The van der Waals surface area contributed by atoms with Crippen LogP contribution in [0.5, 0.6) is 0 Å². The summed E-state index contributed by atoms with van der Waals surface area (Å²) in [4.78, 5) is 36.7. The van der Waals surface area contributed by atoms with E-state index in [1.54, 1.807) is 4.90 Å². The molecule has 3 N–H and O–H groups in total. The molecule has 2 atom stereocenters. The Hall–Kier alpha value is -1.79. The first-order valence-electron chi connectivity index (χ1n) is 7.33. The van der Waals surface area contributed by atoms with Crippen molar-refractivity contribution in [3.63, 3.8) is 0 Å². The first-order chi connectivity index (χ1) is 9.90. The van der Waals surface area contributed by atoms with Crippen LogP contribution in [0.15, 0.2) is 0 Å². The normalized spacial score (nSPS) is 18.7. The fourth-order valence-electron chi connectivity index (χ4n) is 2.39. The minimum Gasteiger partial charge on any atom is -0.467 e. The van der Waals surface area contributed by atoms with Crippen LogP contribution < -0.4 is 11.1 Å². The van der Waals surface area contributed by atoms with Crippen molar-refractivity contribution in [2.45, 2.75) is 39.2 Å². The molecule has 0 saturated carbocycles. The van der Waals surface area contributed by atoms with Gasteiger partial charge in [-0.1, -0.05) is 20.3 Å². The summed E-state index contributed by atoms with van der Waals surface area (Å²) in [5.74, 6) is -0.934. The van der Waals surface area contributed by atoms with Crippen LogP contribution >= 0.6 is 0 Å². The maximum atomic E-state index is 12.2. The zero-order chi connectivity index (χ0) is 16.0. The number of ether oxygens (including phenoxy) is 1. The molecule has 7 heteroatoms. The van der Waals surface area contributed by atoms with Crippen LogP contribution in [0.4, 0.5) is 4.79 Å². The van der Waals surface area contributed by atoms with Crippen LogP contribution in [-0.4, -0.2) is 49.0 Å². The third-order valence-electron chi connectivity index (χ3n) is 4.13. The average molecular weight is 299 g/mol. The molecule has 1 aliphatic rings. The van der Waals surface area contributed by atoms with Crippen LogP contribution in [0.2, 0.25) is 0 Å². The highest BCUT2D eigenvalue weighted by Crippen LogP contribution is 2.17. The molecule has 1 aliphatic heterocycles. The fourth-order valence-corrected chi connectivity index (χ4v) is 2.39. The minimum atomic E-state index is -0.652. The number of methoxy groups -OCH3 is 1. The van der Waals surface area contributed by atoms with Crippen LogP contribution in [0.25, 0.3) is 0 Å². The second kappa shape index (κ2) is 7.85. The van der Waals surface area contributed by atoms with E-state index in [0.29, 0.717) is 25.9 Å². The predicted molar refractivity (Wildman–Crippen MR) is 77.3 cm³/mol. The monoisotopic (exact) mass is 299 g/mol. The van der Waals surface area contributed by atoms with Crippen molar-refractivity contribution in [3.8, 4) is 0 Å². The van der Waals surface area contributed by atoms with E-state index in [1.165, 1.54) is 7.11 Å². The Bertz CT molecular complexity index is 392. The summed E-state index contributed by atoms with van der Waals surface area (Å²) in [6.45, 7) is 4.77. The maximum absolute atomic E-state index is 12.2. The van der Waals surface area contributed by atoms with E-state index in [0.717, 1.165) is 6.42 Å². The Morgan fingerprint density at radius 3 is 2.33 bits per heavy atom. The maximum Gasteiger partial charge on any atom is 0.328 e. The van der Waals surface area contributed by atoms with E-state index >= 15 is 0 Å². The summed E-state index contributed by atoms with van der Waals surface area (Å²) in [7, 11) is 1.31. The summed E-state index contributed by atoms with van der Waals surface area (Å²) in [6.07, 6.45) is 1.88. The number of nitrogens with two attached hydrogens (primary N) is 1. The Balaban J connectivity index is 2.58. The molecule has 0 aliphatic carbocycles. The van der Waals surface area contributed by atoms with Crippen molar-refractivity contribution < 1.29 is 19.1 Å². The summed E-state index contributed by atoms with van der Waals surface area (Å²) < 4.78 is 4.74. The Labute approximate surface area is 125 Å². The molecule has 120 valence electrons. The van der Waals surface area contributed by atoms with E-state index in [2.05, 4.69) is 5.32 Å². The number of carbonyl (C=O) groups is 3. The van der Waals surface area contributed by atoms with Crippen LogP contribution in [0.1, 0.15) is 33.1 Å². The lowest BCUT2D eigenvalue weighted by molar-refractivity contribution is -0.144. The van der Waals surface area contributed by atoms with Crippen molar-refractivity contribution >= 4 is 17.9 Å². The van der Waals surface area contributed by atoms with Gasteiger partial charge >= 0.3 is 12.0 Å². The molecule has 0 aromatic rings. The lowest BCUT2D eigenvalue weighted by Crippen LogP contribution is -2.53. The third kappa shape index (κ3) is 4.61. The van der Waals surface area contributed by atoms with Gasteiger partial charge in [0.2, 0.25) is 5.91 Å². The molecule has 0 aromatic heterocycles. The predicted octanol–water partition coefficient (Wildman–Crippen LogP) is 0.481. The number of nitrogens with one attached hydrogen (secondary N) is 1. The second-order valence-corrected chi connectivity index (χ2v) is 5.50. The van der Waals surface area contributed by atoms with Crippen molar-refractivity contribution in [1.29, 1.82) is 0 Å². The summed E-state index contributed by atoms with van der Waals surface area (Å²) in [5, 5.41) is 2.73. The lowest BCUT2D eigenvalue weighted by atomic mass is 9.96. The molecule has 3 amide bonds. The summed E-state index contributed by atoms with van der Waals surface area (Å²) in [5.41, 5.74) is 5.27. The van der Waals surface area contributed by atoms with Crippen LogP contribution in [0.3, 0.4) is 0 Å². The van der Waals surface area contributed by atoms with Gasteiger partial charge in [0.1, 0.15) is 6.04 Å². The van der Waals surface area contributed by atoms with E-state index in [4.69, 9.17) is 10.5 Å². The van der Waals surface area contributed by atoms with Gasteiger partial charge < -0.3 is 20.7 Å². The number of urea groups is 1. The van der Waals surface area contributed by atoms with Gasteiger partial charge in [-0.15, -0.1) is 0 Å². The number of nitrogens with zero attached hydrogens (tertiary/aromatic N) is 1. The zero-order valence-electron chi connectivity index (χ0n) is 12.9. The minimum absolute atomic E-state index is 0.00967. The third-order valence-corrected chi connectivity index (χ3v) is 4.13. The largest absolute Gasteiger partial charge is 0.467 e. The molecule has 0 bridgehead atoms. The Kier molecular flexibility index (Phi) is 6.45. The standard InChI is InChI=1S/C14H25N3O4/c1-4-9(2)11(13(19)21-3)16-14(20)17-7-5-10(6-8-17)12(15)18/h9-11H,4-8H2,1-3H3,(H2,15,18)(H,16,20)/t9?,11-/m0/s1. The average Bonchev–Trinajstić information content (AvgIpc) is 2.50. The van der Waals surface area contributed by atoms with Gasteiger partial charge in [-0.2, -0.15) is 0 Å². The first kappa shape index (κ1) is 17.3. The second-order valence-electron chi connectivity index (χ2n) is 5.50. The highest BCUT2D eigenvalue weighted by atomic mass is 16.5. The van der Waals surface area contributed by atoms with Gasteiger partial charge in [-0.05, 0) is 18.8 Å². The highest BCUT2D eigenvalue weighted by molar-refractivity contribution is 5.84. The number of carbonyl (C=O) groups excluding carboxylic acids is 3. The molecule has 1 rings (SSSR count). The molecule has 21 heavy (non-hydrogen) atoms. The molecule has 1 fully saturated rings. The van der Waals surface area contributed by atoms with Crippen molar-refractivity contribution in [2.75, 3.05) is 20.2 Å². The number of hydrogen-bond acceptors (Lipinski definition) is 4. The van der Waals surface area contributed by atoms with Gasteiger partial charge in [0.25, 0.3) is 0 Å². The quantitative estimate of drug-likeness (QED) is 0.721. The topological polar surface area (TPSA) is 102 Å². The summed E-state index contributed by atoms with van der Waals surface area (Å²) >= 11 is 0. The molecule has 1 heterocycles. The molecular formula is C14H25N3O4. The van der Waals surface area contributed by atoms with Gasteiger partial charge in [0.15, 0.2) is 0 Å². The lowest BCUT2D eigenvalue weighted by Gasteiger charge is -2.32. The van der Waals surface area contributed by atoms with E-state index < -0.39 is 12.0 Å². The van der Waals surface area contributed by atoms with Gasteiger partial charge in [0.05, 0.1) is 7.11 Å². The molecule has 0 aromatic carbocycles. The van der Waals surface area contributed by atoms with Crippen molar-refractivity contribution in [1.82, 2.24) is 10.2 Å². The number of piperidine rings is 1. The van der Waals surface area contributed by atoms with E-state index in [9.17, 15) is 14.4 Å². The molecule has 7 nitrogen and oxygen atoms in total. The van der Waals surface area contributed by atoms with E-state index in [-0.39, 0.29) is 23.8 Å². The number of primary amides is 1. The Morgan fingerprint density at radius 1 is 1.33 bits per heavy atom. The Morgan fingerprint density at radius 2 is 1.90 bits per heavy atom. The van der Waals surface area contributed by atoms with Gasteiger partial charge in [0, 0.05) is 19.0 Å². The van der Waals surface area contributed by atoms with E-state index in [1.807, 2.05) is 13.8 Å². The number of hydrogen-bond donors (Lipinski definition) is 2. The number of esters is 1. The molecule has 1 unspecified atom stereocenters. The van der Waals surface area contributed by atoms with Crippen molar-refractivity contribution in [2.24, 2.45) is 17.6 Å². The SMILES string of the molecule is CCC(C)[C@H](NC(=O)N1CCC(C(N)=O)CC1)C(=O)OC. The number of rotatable bonds is 5. The van der Waals surface area contributed by atoms with Crippen LogP contribution in [0, 0.1) is 11.8 Å². The summed E-state index contributed by atoms with van der Waals surface area (Å²) in [6, 6.07) is -0.949. The smallest absolute Gasteiger partial charge is 0.328 e. The van der Waals surface area contributed by atoms with Gasteiger partial charge in [-0.25, -0.2) is 9.59 Å². The number of amides is 3. The fraction of sp³-hybridized carbons (Fsp3) is 0.786. The molecule has 0 spiro atoms. The van der Waals surface area contributed by atoms with Gasteiger partial charge in [-0.3, -0.25) is 4.79 Å². The molecule has 1 saturated heterocycles. The van der Waals surface area contributed by atoms with Crippen LogP contribution in [-0.2, 0) is 14.3 Å². The molecule has 0 radical (unpaired) electrons. The number of likely N-dealkylation sites (tertiary alicyclic amines) is 1. The first-order valence-corrected chi connectivity index (χ1v) is 7.33.